The normalized spacial score (nSPS) is 23.5. The van der Waals surface area contributed by atoms with Gasteiger partial charge in [0.05, 0.1) is 12.2 Å². The Morgan fingerprint density at radius 1 is 1.49 bits per heavy atom. The number of β-lactam (4-membered cyclic amide) rings is 1. The Labute approximate surface area is 233 Å². The Kier molecular flexibility index (Phi) is 8.93. The third kappa shape index (κ3) is 5.54. The van der Waals surface area contributed by atoms with Gasteiger partial charge in [-0.3, -0.25) is 14.4 Å². The molecule has 3 atom stereocenters. The van der Waals surface area contributed by atoms with Crippen molar-refractivity contribution in [2.45, 2.75) is 11.4 Å². The van der Waals surface area contributed by atoms with E-state index in [1.54, 1.807) is 6.07 Å². The first kappa shape index (κ1) is 27.5. The van der Waals surface area contributed by atoms with Gasteiger partial charge in [0.25, 0.3) is 11.0 Å². The molecule has 2 amide bonds. The molecule has 2 saturated heterocycles. The van der Waals surface area contributed by atoms with Crippen molar-refractivity contribution in [2.75, 3.05) is 30.9 Å². The van der Waals surface area contributed by atoms with Gasteiger partial charge in [-0.05, 0) is 12.1 Å². The van der Waals surface area contributed by atoms with Gasteiger partial charge in [-0.2, -0.15) is 0 Å². The molecule has 2 fully saturated rings. The predicted octanol–water partition coefficient (Wildman–Crippen LogP) is -3.62. The van der Waals surface area contributed by atoms with E-state index in [1.807, 2.05) is 0 Å². The van der Waals surface area contributed by atoms with Gasteiger partial charge >= 0.3 is 29.6 Å². The van der Waals surface area contributed by atoms with E-state index in [9.17, 15) is 24.3 Å². The molecule has 16 heteroatoms. The van der Waals surface area contributed by atoms with Crippen molar-refractivity contribution >= 4 is 68.6 Å². The van der Waals surface area contributed by atoms with Crippen LogP contribution in [0.4, 0.5) is 5.13 Å². The fourth-order valence-electron chi connectivity index (χ4n) is 3.47. The number of rotatable bonds is 8. The first-order valence-electron chi connectivity index (χ1n) is 9.73. The molecule has 180 valence electrons. The number of carbonyl (C=O) groups is 4. The molecule has 2 aliphatic heterocycles. The number of oxime groups is 1. The number of carboxylic acids is 1. The van der Waals surface area contributed by atoms with Gasteiger partial charge in [-0.15, -0.1) is 23.1 Å². The van der Waals surface area contributed by atoms with E-state index < -0.39 is 39.7 Å². The summed E-state index contributed by atoms with van der Waals surface area (Å²) >= 11 is 3.11. The molecule has 2 aromatic rings. The third-order valence-electron chi connectivity index (χ3n) is 5.23. The summed E-state index contributed by atoms with van der Waals surface area (Å²) in [6.07, 6.45) is 1.35. The first-order valence-corrected chi connectivity index (χ1v) is 12.6. The van der Waals surface area contributed by atoms with Crippen molar-refractivity contribution in [3.05, 3.63) is 35.2 Å². The monoisotopic (exact) mass is 547 g/mol. The molecule has 0 saturated carbocycles. The number of carboxylic acid groups (broad SMARTS) is 1. The smallest absolute Gasteiger partial charge is 0.549 e. The van der Waals surface area contributed by atoms with E-state index in [4.69, 9.17) is 15.0 Å². The number of nitrogen functional groups attached to an aromatic ring is 1. The van der Waals surface area contributed by atoms with E-state index in [2.05, 4.69) is 15.5 Å². The molecule has 4 heterocycles. The van der Waals surface area contributed by atoms with Gasteiger partial charge in [-0.25, -0.2) is 4.98 Å². The number of nitrogens with two attached hydrogens (primary N) is 1. The maximum absolute atomic E-state index is 12.8. The number of furan rings is 1. The Hall–Kier alpha value is -2.04. The number of thiazole rings is 1. The number of aromatic nitrogens is 1. The Bertz CT molecular complexity index is 1160. The van der Waals surface area contributed by atoms with Gasteiger partial charge in [0.15, 0.2) is 16.6 Å². The predicted molar refractivity (Wildman–Crippen MR) is 123 cm³/mol. The minimum Gasteiger partial charge on any atom is -0.549 e. The van der Waals surface area contributed by atoms with Crippen LogP contribution in [-0.4, -0.2) is 75.1 Å². The molecule has 2 aliphatic rings. The van der Waals surface area contributed by atoms with Crippen molar-refractivity contribution < 1.29 is 63.1 Å². The topological polar surface area (TPSA) is 180 Å². The minimum atomic E-state index is -1.43. The molecular weight excluding hydrogens is 529 g/mol. The molecule has 3 N–H and O–H groups in total. The number of nitrogens with one attached hydrogen (secondary N) is 1. The summed E-state index contributed by atoms with van der Waals surface area (Å²) in [6, 6.07) is 2.16. The third-order valence-corrected chi connectivity index (χ3v) is 8.65. The van der Waals surface area contributed by atoms with Crippen LogP contribution < -0.4 is 45.7 Å². The van der Waals surface area contributed by atoms with E-state index in [0.717, 1.165) is 23.1 Å². The average molecular weight is 548 g/mol. The number of nitrogens with zero attached hydrogens (tertiary/aromatic N) is 3. The molecule has 2 unspecified atom stereocenters. The summed E-state index contributed by atoms with van der Waals surface area (Å²) in [5.74, 6) is -2.37. The number of thioether (sulfide) groups is 2. The standard InChI is InChI=1S/C19H19N5O7S3.Na/c1-30-23-11(9-5-32-18(20)21-9)13(25)22-12-14(26)24-6-19(17(28)29,7-33-15(12)24)8-34-16(27)10-3-2-4-31-10;/h2-5,12,15H,6-8H2,1H3,(H2,20,21)(H,22,25)(H,28,29);/q;+1/p-1/t12?,15-,19?;/m1./s1. The van der Waals surface area contributed by atoms with Crippen LogP contribution in [0, 0.1) is 5.41 Å². The summed E-state index contributed by atoms with van der Waals surface area (Å²) < 4.78 is 5.04. The van der Waals surface area contributed by atoms with Crippen LogP contribution in [0.2, 0.25) is 0 Å². The maximum atomic E-state index is 12.8. The van der Waals surface area contributed by atoms with Crippen molar-refractivity contribution in [1.82, 2.24) is 15.2 Å². The summed E-state index contributed by atoms with van der Waals surface area (Å²) in [5.41, 5.74) is 4.25. The van der Waals surface area contributed by atoms with Crippen LogP contribution in [0.25, 0.3) is 0 Å². The number of carbonyl (C=O) groups excluding carboxylic acids is 4. The first-order chi connectivity index (χ1) is 16.3. The van der Waals surface area contributed by atoms with Crippen LogP contribution in [-0.2, 0) is 19.2 Å². The second-order valence-electron chi connectivity index (χ2n) is 7.43. The van der Waals surface area contributed by atoms with Gasteiger partial charge in [0.2, 0.25) is 5.91 Å². The number of anilines is 1. The zero-order chi connectivity index (χ0) is 24.5. The molecule has 0 radical (unpaired) electrons. The zero-order valence-electron chi connectivity index (χ0n) is 18.6. The van der Waals surface area contributed by atoms with E-state index in [1.165, 1.54) is 41.5 Å². The van der Waals surface area contributed by atoms with Crippen molar-refractivity contribution in [3.8, 4) is 0 Å². The van der Waals surface area contributed by atoms with Crippen LogP contribution >= 0.6 is 34.9 Å². The van der Waals surface area contributed by atoms with Crippen LogP contribution in [0.5, 0.6) is 0 Å². The largest absolute Gasteiger partial charge is 1.00 e. The van der Waals surface area contributed by atoms with Gasteiger partial charge in [0, 0.05) is 28.8 Å². The van der Waals surface area contributed by atoms with Gasteiger partial charge < -0.3 is 35.1 Å². The second kappa shape index (κ2) is 11.3. The number of amides is 2. The van der Waals surface area contributed by atoms with Crippen molar-refractivity contribution in [2.24, 2.45) is 10.6 Å². The average Bonchev–Trinajstić information content (AvgIpc) is 3.51. The van der Waals surface area contributed by atoms with Crippen molar-refractivity contribution in [1.29, 1.82) is 0 Å². The molecule has 12 nitrogen and oxygen atoms in total. The van der Waals surface area contributed by atoms with E-state index >= 15 is 0 Å². The quantitative estimate of drug-likeness (QED) is 0.144. The molecular formula is C19H18N5NaO7S3. The maximum Gasteiger partial charge on any atom is 1.00 e. The molecule has 0 spiro atoms. The summed E-state index contributed by atoms with van der Waals surface area (Å²) in [6.45, 7) is -0.141. The minimum absolute atomic E-state index is 0. The SMILES string of the molecule is CON=C(C(=O)NC1C(=O)N2CC(CSC(=O)c3ccco3)(C(=O)[O-])CS[C@H]12)c1csc(N)n1.[Na+]. The molecule has 2 aromatic heterocycles. The Morgan fingerprint density at radius 2 is 2.26 bits per heavy atom. The molecule has 0 bridgehead atoms. The molecule has 0 aliphatic carbocycles. The fourth-order valence-corrected chi connectivity index (χ4v) is 6.66. The van der Waals surface area contributed by atoms with Crippen molar-refractivity contribution in [3.63, 3.8) is 0 Å². The Morgan fingerprint density at radius 3 is 2.86 bits per heavy atom. The molecule has 35 heavy (non-hydrogen) atoms. The summed E-state index contributed by atoms with van der Waals surface area (Å²) in [5, 5.41) is 19.2. The number of aliphatic carboxylic acids is 1. The van der Waals surface area contributed by atoms with E-state index in [-0.39, 0.29) is 69.9 Å². The van der Waals surface area contributed by atoms with Crippen LogP contribution in [0.3, 0.4) is 0 Å². The summed E-state index contributed by atoms with van der Waals surface area (Å²) in [4.78, 5) is 59.9. The number of hydrogen-bond donors (Lipinski definition) is 2. The van der Waals surface area contributed by atoms with Crippen LogP contribution in [0.1, 0.15) is 16.2 Å². The fraction of sp³-hybridized carbons (Fsp3) is 0.368. The number of fused-ring (bicyclic) bond motifs is 1. The zero-order valence-corrected chi connectivity index (χ0v) is 23.0. The number of hydrogen-bond acceptors (Lipinski definition) is 13. The Balaban J connectivity index is 0.00000342. The molecule has 0 aromatic carbocycles. The molecule has 4 rings (SSSR count). The van der Waals surface area contributed by atoms with Gasteiger partial charge in [-0.1, -0.05) is 16.9 Å². The summed E-state index contributed by atoms with van der Waals surface area (Å²) in [7, 11) is 1.27. The van der Waals surface area contributed by atoms with Gasteiger partial charge in [0.1, 0.15) is 24.2 Å². The van der Waals surface area contributed by atoms with E-state index in [0.29, 0.717) is 0 Å². The van der Waals surface area contributed by atoms with Crippen LogP contribution in [0.15, 0.2) is 33.3 Å². The second-order valence-corrected chi connectivity index (χ2v) is 10.4.